The van der Waals surface area contributed by atoms with Crippen LogP contribution in [0.15, 0.2) is 0 Å². The molecule has 1 unspecified atom stereocenters. The van der Waals surface area contributed by atoms with Crippen LogP contribution in [0.3, 0.4) is 0 Å². The van der Waals surface area contributed by atoms with Crippen molar-refractivity contribution in [3.8, 4) is 0 Å². The Kier molecular flexibility index (Phi) is 5.77. The number of carbonyl (C=O) groups is 1. The van der Waals surface area contributed by atoms with Crippen molar-refractivity contribution < 1.29 is 9.53 Å². The van der Waals surface area contributed by atoms with Crippen molar-refractivity contribution in [1.82, 2.24) is 0 Å². The summed E-state index contributed by atoms with van der Waals surface area (Å²) in [5.74, 6) is 0.241. The molecule has 0 aliphatic heterocycles. The minimum absolute atomic E-state index is 0.0578. The number of nitrogens with two attached hydrogens (primary N) is 1. The van der Waals surface area contributed by atoms with Crippen LogP contribution in [0.1, 0.15) is 41.0 Å². The van der Waals surface area contributed by atoms with Gasteiger partial charge in [0.05, 0.1) is 0 Å². The number of rotatable bonds is 5. The molecule has 0 fully saturated rings. The van der Waals surface area contributed by atoms with Gasteiger partial charge in [-0.2, -0.15) is 0 Å². The normalized spacial score (nSPS) is 17.6. The highest BCUT2D eigenvalue weighted by atomic mass is 16.5. The van der Waals surface area contributed by atoms with E-state index in [0.717, 1.165) is 6.42 Å². The lowest BCUT2D eigenvalue weighted by molar-refractivity contribution is -0.153. The average Bonchev–Trinajstić information content (AvgIpc) is 2.14. The second-order valence-electron chi connectivity index (χ2n) is 4.30. The van der Waals surface area contributed by atoms with E-state index < -0.39 is 6.04 Å². The Morgan fingerprint density at radius 3 is 2.14 bits per heavy atom. The highest BCUT2D eigenvalue weighted by Gasteiger charge is 2.23. The smallest absolute Gasteiger partial charge is 0.323 e. The first kappa shape index (κ1) is 13.4. The van der Waals surface area contributed by atoms with Gasteiger partial charge in [0.15, 0.2) is 0 Å². The Morgan fingerprint density at radius 1 is 1.29 bits per heavy atom. The van der Waals surface area contributed by atoms with Crippen LogP contribution in [0.5, 0.6) is 0 Å². The maximum Gasteiger partial charge on any atom is 0.323 e. The summed E-state index contributed by atoms with van der Waals surface area (Å²) in [5.41, 5.74) is 5.75. The van der Waals surface area contributed by atoms with Gasteiger partial charge in [0.2, 0.25) is 0 Å². The van der Waals surface area contributed by atoms with Crippen molar-refractivity contribution in [3.05, 3.63) is 0 Å². The Labute approximate surface area is 87.0 Å². The van der Waals surface area contributed by atoms with Crippen LogP contribution < -0.4 is 5.73 Å². The molecule has 0 radical (unpaired) electrons. The number of carbonyl (C=O) groups excluding carboxylic acids is 1. The van der Waals surface area contributed by atoms with Crippen LogP contribution in [-0.2, 0) is 9.53 Å². The molecule has 0 bridgehead atoms. The van der Waals surface area contributed by atoms with Gasteiger partial charge in [0.25, 0.3) is 0 Å². The predicted octanol–water partition coefficient (Wildman–Crippen LogP) is 1.95. The van der Waals surface area contributed by atoms with Crippen LogP contribution in [0.25, 0.3) is 0 Å². The van der Waals surface area contributed by atoms with E-state index in [-0.39, 0.29) is 18.0 Å². The van der Waals surface area contributed by atoms with Crippen LogP contribution >= 0.6 is 0 Å². The molecule has 0 amide bonds. The molecule has 0 aliphatic carbocycles. The van der Waals surface area contributed by atoms with Crippen LogP contribution in [0.2, 0.25) is 0 Å². The highest BCUT2D eigenvalue weighted by molar-refractivity contribution is 5.75. The third kappa shape index (κ3) is 4.09. The quantitative estimate of drug-likeness (QED) is 0.692. The first-order valence-electron chi connectivity index (χ1n) is 5.36. The van der Waals surface area contributed by atoms with E-state index in [9.17, 15) is 4.79 Å². The number of hydrogen-bond donors (Lipinski definition) is 1. The zero-order valence-electron chi connectivity index (χ0n) is 9.91. The zero-order chi connectivity index (χ0) is 11.3. The van der Waals surface area contributed by atoms with Crippen LogP contribution in [-0.4, -0.2) is 18.1 Å². The van der Waals surface area contributed by atoms with Crippen molar-refractivity contribution in [2.24, 2.45) is 17.6 Å². The van der Waals surface area contributed by atoms with E-state index in [4.69, 9.17) is 10.5 Å². The van der Waals surface area contributed by atoms with E-state index in [1.54, 1.807) is 0 Å². The molecular weight excluding hydrogens is 178 g/mol. The molecule has 0 aliphatic rings. The predicted molar refractivity (Wildman–Crippen MR) is 57.8 cm³/mol. The average molecular weight is 201 g/mol. The summed E-state index contributed by atoms with van der Waals surface area (Å²) in [6, 6.07) is -0.485. The molecule has 0 aromatic rings. The Balaban J connectivity index is 4.07. The molecule has 0 aromatic carbocycles. The minimum atomic E-state index is -0.485. The summed E-state index contributed by atoms with van der Waals surface area (Å²) >= 11 is 0. The second-order valence-corrected chi connectivity index (χ2v) is 4.30. The van der Waals surface area contributed by atoms with Gasteiger partial charge in [0, 0.05) is 0 Å². The summed E-state index contributed by atoms with van der Waals surface area (Å²) in [4.78, 5) is 11.5. The summed E-state index contributed by atoms with van der Waals surface area (Å²) in [6.45, 7) is 9.92. The van der Waals surface area contributed by atoms with Gasteiger partial charge in [-0.05, 0) is 18.8 Å². The molecule has 0 saturated carbocycles. The summed E-state index contributed by atoms with van der Waals surface area (Å²) in [5, 5.41) is 0. The molecule has 0 heterocycles. The summed E-state index contributed by atoms with van der Waals surface area (Å²) in [7, 11) is 0. The van der Waals surface area contributed by atoms with Crippen molar-refractivity contribution in [1.29, 1.82) is 0 Å². The standard InChI is InChI=1S/C11H23NO2/c1-6-8(4)10(12)11(13)14-9(5)7(2)3/h7-10H,6,12H2,1-5H3/t8-,9?,10-/m0/s1. The van der Waals surface area contributed by atoms with Gasteiger partial charge in [-0.3, -0.25) is 4.79 Å². The summed E-state index contributed by atoms with van der Waals surface area (Å²) < 4.78 is 5.23. The van der Waals surface area contributed by atoms with E-state index in [2.05, 4.69) is 0 Å². The van der Waals surface area contributed by atoms with E-state index in [1.165, 1.54) is 0 Å². The monoisotopic (exact) mass is 201 g/mol. The van der Waals surface area contributed by atoms with E-state index in [0.29, 0.717) is 5.92 Å². The van der Waals surface area contributed by atoms with Gasteiger partial charge in [-0.15, -0.1) is 0 Å². The number of esters is 1. The second kappa shape index (κ2) is 6.02. The maximum atomic E-state index is 11.5. The molecule has 3 atom stereocenters. The van der Waals surface area contributed by atoms with Crippen LogP contribution in [0.4, 0.5) is 0 Å². The molecule has 0 aromatic heterocycles. The maximum absolute atomic E-state index is 11.5. The lowest BCUT2D eigenvalue weighted by atomic mass is 10.00. The third-order valence-corrected chi connectivity index (χ3v) is 2.77. The SMILES string of the molecule is CC[C@H](C)[C@H](N)C(=O)OC(C)C(C)C. The summed E-state index contributed by atoms with van der Waals surface area (Å²) in [6.07, 6.45) is 0.837. The van der Waals surface area contributed by atoms with Crippen molar-refractivity contribution in [2.75, 3.05) is 0 Å². The van der Waals surface area contributed by atoms with Gasteiger partial charge in [-0.25, -0.2) is 0 Å². The molecule has 3 heteroatoms. The Hall–Kier alpha value is -0.570. The molecule has 2 N–H and O–H groups in total. The highest BCUT2D eigenvalue weighted by Crippen LogP contribution is 2.11. The lowest BCUT2D eigenvalue weighted by Gasteiger charge is -2.22. The van der Waals surface area contributed by atoms with Gasteiger partial charge < -0.3 is 10.5 Å². The first-order valence-corrected chi connectivity index (χ1v) is 5.36. The van der Waals surface area contributed by atoms with Crippen molar-refractivity contribution >= 4 is 5.97 Å². The largest absolute Gasteiger partial charge is 0.461 e. The molecule has 84 valence electrons. The molecule has 0 rings (SSSR count). The fraction of sp³-hybridized carbons (Fsp3) is 0.909. The Morgan fingerprint density at radius 2 is 1.79 bits per heavy atom. The van der Waals surface area contributed by atoms with Gasteiger partial charge >= 0.3 is 5.97 Å². The molecule has 14 heavy (non-hydrogen) atoms. The minimum Gasteiger partial charge on any atom is -0.461 e. The fourth-order valence-electron chi connectivity index (χ4n) is 0.884. The van der Waals surface area contributed by atoms with Crippen LogP contribution in [0, 0.1) is 11.8 Å². The Bertz CT molecular complexity index is 180. The topological polar surface area (TPSA) is 52.3 Å². The van der Waals surface area contributed by atoms with E-state index in [1.807, 2.05) is 34.6 Å². The zero-order valence-corrected chi connectivity index (χ0v) is 9.91. The van der Waals surface area contributed by atoms with E-state index >= 15 is 0 Å². The number of hydrogen-bond acceptors (Lipinski definition) is 3. The molecule has 3 nitrogen and oxygen atoms in total. The number of ether oxygens (including phenoxy) is 1. The molecule has 0 saturated heterocycles. The van der Waals surface area contributed by atoms with Crippen molar-refractivity contribution in [3.63, 3.8) is 0 Å². The van der Waals surface area contributed by atoms with Gasteiger partial charge in [0.1, 0.15) is 12.1 Å². The lowest BCUT2D eigenvalue weighted by Crippen LogP contribution is -2.40. The van der Waals surface area contributed by atoms with Gasteiger partial charge in [-0.1, -0.05) is 34.1 Å². The molecular formula is C11H23NO2. The molecule has 0 spiro atoms. The third-order valence-electron chi connectivity index (χ3n) is 2.77. The fourth-order valence-corrected chi connectivity index (χ4v) is 0.884. The van der Waals surface area contributed by atoms with Crippen molar-refractivity contribution in [2.45, 2.75) is 53.2 Å². The first-order chi connectivity index (χ1) is 6.40.